The van der Waals surface area contributed by atoms with Gasteiger partial charge in [-0.2, -0.15) is 0 Å². The molecule has 38 valence electrons. The average Bonchev–Trinajstić information content (AvgIpc) is 0.722. The van der Waals surface area contributed by atoms with E-state index in [4.69, 9.17) is 16.0 Å². The molecular weight excluding hydrogens is 240 g/mol. The summed E-state index contributed by atoms with van der Waals surface area (Å²) in [5.41, 5.74) is 0. The second kappa shape index (κ2) is 11.5. The fourth-order valence-electron chi connectivity index (χ4n) is 0. The summed E-state index contributed by atoms with van der Waals surface area (Å²) in [5.74, 6) is 0. The average molecular weight is 246 g/mol. The molecule has 0 heterocycles. The molecular formula is H6AsK2NaO4. The first-order valence-corrected chi connectivity index (χ1v) is 4.07. The van der Waals surface area contributed by atoms with Crippen LogP contribution in [0.2, 0.25) is 0 Å². The normalized spacial score (nSPS) is 7.38. The molecule has 0 rings (SSSR count). The van der Waals surface area contributed by atoms with Crippen molar-refractivity contribution in [3.05, 3.63) is 0 Å². The summed E-state index contributed by atoms with van der Waals surface area (Å²) in [6.45, 7) is 0. The Hall–Kier alpha value is 4.51. The summed E-state index contributed by atoms with van der Waals surface area (Å²) in [4.78, 5) is 0. The van der Waals surface area contributed by atoms with Crippen LogP contribution in [0.25, 0.3) is 0 Å². The first-order chi connectivity index (χ1) is 2.00. The van der Waals surface area contributed by atoms with Crippen LogP contribution in [-0.2, 0) is 3.74 Å². The molecule has 0 aliphatic carbocycles. The van der Waals surface area contributed by atoms with E-state index < -0.39 is 14.5 Å². The van der Waals surface area contributed by atoms with Crippen molar-refractivity contribution >= 4 is 147 Å². The van der Waals surface area contributed by atoms with Gasteiger partial charge in [0.15, 0.2) is 0 Å². The number of rotatable bonds is 0. The monoisotopic (exact) mass is 246 g/mol. The molecule has 0 fully saturated rings. The van der Waals surface area contributed by atoms with Crippen LogP contribution in [0.15, 0.2) is 0 Å². The van der Waals surface area contributed by atoms with Gasteiger partial charge in [0, 0.05) is 0 Å². The van der Waals surface area contributed by atoms with Crippen molar-refractivity contribution in [3.8, 4) is 0 Å². The van der Waals surface area contributed by atoms with Crippen LogP contribution in [0.3, 0.4) is 0 Å². The maximum atomic E-state index is 8.94. The Bertz CT molecular complexity index is 60.2. The summed E-state index contributed by atoms with van der Waals surface area (Å²) in [7, 11) is 0. The Kier molecular flexibility index (Phi) is 32.9. The van der Waals surface area contributed by atoms with Crippen LogP contribution in [-0.4, -0.2) is 159 Å². The van der Waals surface area contributed by atoms with E-state index in [-0.39, 0.29) is 132 Å². The first kappa shape index (κ1) is 22.9. The maximum absolute atomic E-state index is 8.94. The van der Waals surface area contributed by atoms with Crippen LogP contribution in [0.5, 0.6) is 0 Å². The fraction of sp³-hybridized carbons (Fsp3) is 0. The molecule has 0 aromatic carbocycles. The van der Waals surface area contributed by atoms with Gasteiger partial charge in [-0.15, -0.1) is 0 Å². The van der Waals surface area contributed by atoms with Crippen LogP contribution in [0.1, 0.15) is 0 Å². The van der Waals surface area contributed by atoms with Gasteiger partial charge in [-0.05, 0) is 0 Å². The Labute approximate surface area is 158 Å². The van der Waals surface area contributed by atoms with Gasteiger partial charge >= 0.3 is 163 Å². The summed E-state index contributed by atoms with van der Waals surface area (Å²) < 4.78 is 30.7. The third-order valence-corrected chi connectivity index (χ3v) is 0. The first-order valence-electron chi connectivity index (χ1n) is 0.783. The van der Waals surface area contributed by atoms with E-state index in [0.29, 0.717) is 0 Å². The van der Waals surface area contributed by atoms with Crippen molar-refractivity contribution in [2.24, 2.45) is 0 Å². The van der Waals surface area contributed by atoms with E-state index in [1.54, 1.807) is 0 Å². The zero-order valence-electron chi connectivity index (χ0n) is 2.20. The number of hydrogen-bond donors (Lipinski definition) is 3. The minimum atomic E-state index is -5.12. The van der Waals surface area contributed by atoms with Crippen LogP contribution in [0.4, 0.5) is 0 Å². The molecule has 0 saturated carbocycles. The molecule has 0 radical (unpaired) electrons. The van der Waals surface area contributed by atoms with Gasteiger partial charge in [0.25, 0.3) is 0 Å². The van der Waals surface area contributed by atoms with Crippen molar-refractivity contribution in [3.63, 3.8) is 0 Å². The summed E-state index contributed by atoms with van der Waals surface area (Å²) >= 11 is -5.12. The molecule has 0 saturated heterocycles. The predicted octanol–water partition coefficient (Wildman–Crippen LogP) is -4.12. The zero-order chi connectivity index (χ0) is 4.50. The van der Waals surface area contributed by atoms with Crippen LogP contribution < -0.4 is 0 Å². The standard InChI is InChI=1S/AsH3O4.2K.Na.3H/c2-1(3,4)5;;;;;;/h(H3,2,3,4,5);;;;;;. The Balaban J connectivity index is -0.0000000267. The van der Waals surface area contributed by atoms with E-state index in [2.05, 4.69) is 0 Å². The Morgan fingerprint density at radius 1 is 1.00 bits per heavy atom. The predicted molar refractivity (Wildman–Crippen MR) is 34.5 cm³/mol. The van der Waals surface area contributed by atoms with Crippen molar-refractivity contribution in [1.29, 1.82) is 0 Å². The van der Waals surface area contributed by atoms with Crippen molar-refractivity contribution < 1.29 is 16.0 Å². The number of hydrogen-bond acceptors (Lipinski definition) is 1. The molecule has 8 heteroatoms. The van der Waals surface area contributed by atoms with Crippen LogP contribution in [0, 0.1) is 0 Å². The molecule has 0 aromatic rings. The van der Waals surface area contributed by atoms with E-state index >= 15 is 0 Å². The van der Waals surface area contributed by atoms with Gasteiger partial charge in [-0.25, -0.2) is 0 Å². The fourth-order valence-corrected chi connectivity index (χ4v) is 0. The SMILES string of the molecule is O=[As](O)(O)O.[KH].[KH].[NaH]. The van der Waals surface area contributed by atoms with E-state index in [1.165, 1.54) is 0 Å². The molecule has 0 aliphatic heterocycles. The Morgan fingerprint density at radius 3 is 1.00 bits per heavy atom. The van der Waals surface area contributed by atoms with Gasteiger partial charge in [0.2, 0.25) is 0 Å². The van der Waals surface area contributed by atoms with E-state index in [0.717, 1.165) is 0 Å². The molecule has 0 amide bonds. The molecule has 0 unspecified atom stereocenters. The van der Waals surface area contributed by atoms with Crippen molar-refractivity contribution in [2.75, 3.05) is 0 Å². The summed E-state index contributed by atoms with van der Waals surface area (Å²) in [6.07, 6.45) is 0. The molecule has 0 spiro atoms. The molecule has 0 aromatic heterocycles. The van der Waals surface area contributed by atoms with Gasteiger partial charge in [-0.1, -0.05) is 0 Å². The molecule has 0 bridgehead atoms. The molecule has 3 N–H and O–H groups in total. The molecule has 0 aliphatic rings. The van der Waals surface area contributed by atoms with Crippen molar-refractivity contribution in [1.82, 2.24) is 0 Å². The third kappa shape index (κ3) is 46.7. The molecule has 0 atom stereocenters. The second-order valence-electron chi connectivity index (χ2n) is 0.513. The quantitative estimate of drug-likeness (QED) is 0.379. The van der Waals surface area contributed by atoms with Crippen molar-refractivity contribution in [2.45, 2.75) is 0 Å². The van der Waals surface area contributed by atoms with Gasteiger partial charge in [-0.3, -0.25) is 0 Å². The van der Waals surface area contributed by atoms with Gasteiger partial charge in [0.05, 0.1) is 0 Å². The van der Waals surface area contributed by atoms with Gasteiger partial charge < -0.3 is 0 Å². The van der Waals surface area contributed by atoms with Gasteiger partial charge in [0.1, 0.15) is 0 Å². The Morgan fingerprint density at radius 2 is 1.00 bits per heavy atom. The molecule has 8 heavy (non-hydrogen) atoms. The minimum absolute atomic E-state index is 0. The second-order valence-corrected chi connectivity index (χ2v) is 2.67. The van der Waals surface area contributed by atoms with E-state index in [9.17, 15) is 0 Å². The topological polar surface area (TPSA) is 77.8 Å². The summed E-state index contributed by atoms with van der Waals surface area (Å²) in [5, 5.41) is 0. The summed E-state index contributed by atoms with van der Waals surface area (Å²) in [6, 6.07) is 0. The zero-order valence-corrected chi connectivity index (χ0v) is 4.07. The van der Waals surface area contributed by atoms with E-state index in [1.807, 2.05) is 0 Å². The molecule has 4 nitrogen and oxygen atoms in total. The third-order valence-electron chi connectivity index (χ3n) is 0. The van der Waals surface area contributed by atoms with Crippen LogP contribution >= 0.6 is 0 Å².